The van der Waals surface area contributed by atoms with Crippen molar-refractivity contribution in [2.75, 3.05) is 0 Å². The van der Waals surface area contributed by atoms with E-state index in [1.54, 1.807) is 0 Å². The van der Waals surface area contributed by atoms with Gasteiger partial charge in [-0.25, -0.2) is 5.57 Å². The molecule has 0 amide bonds. The molecule has 0 fully saturated rings. The number of hydrogen-bond donors (Lipinski definition) is 0. The van der Waals surface area contributed by atoms with E-state index in [0.717, 1.165) is 0 Å². The molecule has 9 aromatic rings. The van der Waals surface area contributed by atoms with Crippen molar-refractivity contribution in [3.63, 3.8) is 0 Å². The first-order valence-electron chi connectivity index (χ1n) is 27.3. The quantitative estimate of drug-likeness (QED) is 0.0768. The van der Waals surface area contributed by atoms with Crippen LogP contribution in [0.5, 0.6) is 0 Å². The van der Waals surface area contributed by atoms with Crippen molar-refractivity contribution >= 4 is 61.6 Å². The van der Waals surface area contributed by atoms with Gasteiger partial charge in [-0.2, -0.15) is 11.1 Å². The second-order valence-corrected chi connectivity index (χ2v) is 24.7. The number of halogens is 3. The summed E-state index contributed by atoms with van der Waals surface area (Å²) in [5.41, 5.74) is 35.3. The Morgan fingerprint density at radius 2 is 0.463 bits per heavy atom. The van der Waals surface area contributed by atoms with E-state index in [0.29, 0.717) is 5.92 Å². The van der Waals surface area contributed by atoms with Crippen LogP contribution in [0.15, 0.2) is 181 Å². The average molecular weight is 1160 g/mol. The molecule has 0 bridgehead atoms. The molecule has 9 aromatic carbocycles. The van der Waals surface area contributed by atoms with Gasteiger partial charge in [-0.15, -0.1) is 44.1 Å². The van der Waals surface area contributed by atoms with Crippen LogP contribution in [0.4, 0.5) is 0 Å². The molecule has 0 aromatic heterocycles. The smallest absolute Gasteiger partial charge is 0.154 e. The number of benzene rings is 9. The van der Waals surface area contributed by atoms with Gasteiger partial charge in [-0.05, 0) is 250 Å². The van der Waals surface area contributed by atoms with Crippen molar-refractivity contribution in [3.8, 4) is 66.8 Å². The van der Waals surface area contributed by atoms with Crippen LogP contribution >= 0.6 is 37.2 Å². The second-order valence-electron chi connectivity index (χ2n) is 22.2. The molecular formula is C75H79Cl3SiTi-. The minimum atomic E-state index is -1.80. The molecule has 409 valence electrons. The first-order valence-corrected chi connectivity index (χ1v) is 28.8. The predicted molar refractivity (Wildman–Crippen MR) is 355 cm³/mol. The van der Waals surface area contributed by atoms with Crippen LogP contribution in [0.3, 0.4) is 0 Å². The Balaban J connectivity index is 0.000000825. The van der Waals surface area contributed by atoms with E-state index in [9.17, 15) is 0 Å². The fourth-order valence-electron chi connectivity index (χ4n) is 12.5. The SMILES string of the molecule is CC1=[C-]C(C)C(C)=C1C.Cc1cccc(C)c1-c1cc(-c2c(C)cccc2C)cc([Si](c2cc(-c3c(C)cccc3C)cc(-c3c(C)cccc3C)c2)c2cc(-c3c(C)cccc3C)cc(-c3c(C)cccc3C)c2)c1.Cl.Cl.Cl.[Ti]. The maximum atomic E-state index is 3.36. The molecular weight excluding hydrogens is 1080 g/mol. The van der Waals surface area contributed by atoms with Gasteiger partial charge in [0.2, 0.25) is 0 Å². The molecule has 0 N–H and O–H groups in total. The summed E-state index contributed by atoms with van der Waals surface area (Å²) in [5.74, 6) is 0.560. The summed E-state index contributed by atoms with van der Waals surface area (Å²) in [6.45, 7) is 35.9. The Labute approximate surface area is 516 Å². The summed E-state index contributed by atoms with van der Waals surface area (Å²) in [4.78, 5) is 0. The minimum Gasteiger partial charge on any atom is -0.266 e. The Hall–Kier alpha value is -5.74. The first kappa shape index (κ1) is 65.1. The number of hydrogen-bond acceptors (Lipinski definition) is 0. The van der Waals surface area contributed by atoms with E-state index in [1.165, 1.54) is 166 Å². The molecule has 5 heteroatoms. The Morgan fingerprint density at radius 1 is 0.287 bits per heavy atom. The van der Waals surface area contributed by atoms with Crippen LogP contribution in [0.25, 0.3) is 66.8 Å². The topological polar surface area (TPSA) is 0 Å². The van der Waals surface area contributed by atoms with Crippen LogP contribution < -0.4 is 15.6 Å². The van der Waals surface area contributed by atoms with Gasteiger partial charge >= 0.3 is 0 Å². The number of allylic oxidation sites excluding steroid dienone is 4. The molecule has 0 nitrogen and oxygen atoms in total. The second kappa shape index (κ2) is 27.4. The van der Waals surface area contributed by atoms with E-state index in [1.807, 2.05) is 0 Å². The monoisotopic (exact) mass is 1160 g/mol. The van der Waals surface area contributed by atoms with Crippen molar-refractivity contribution in [1.29, 1.82) is 0 Å². The minimum absolute atomic E-state index is 0. The predicted octanol–water partition coefficient (Wildman–Crippen LogP) is 19.9. The third kappa shape index (κ3) is 13.3. The van der Waals surface area contributed by atoms with Gasteiger partial charge in [-0.3, -0.25) is 6.08 Å². The van der Waals surface area contributed by atoms with E-state index in [2.05, 4.69) is 281 Å². The molecule has 0 heterocycles. The van der Waals surface area contributed by atoms with Gasteiger partial charge in [0.15, 0.2) is 8.80 Å². The summed E-state index contributed by atoms with van der Waals surface area (Å²) in [7, 11) is -1.80. The zero-order valence-corrected chi connectivity index (χ0v) is 54.9. The third-order valence-corrected chi connectivity index (χ3v) is 19.1. The molecule has 0 aliphatic heterocycles. The van der Waals surface area contributed by atoms with Crippen molar-refractivity contribution in [2.24, 2.45) is 5.92 Å². The van der Waals surface area contributed by atoms with Crippen LogP contribution in [-0.2, 0) is 21.7 Å². The zero-order valence-electron chi connectivity index (χ0n) is 49.9. The maximum Gasteiger partial charge on any atom is 0.154 e. The Kier molecular flexibility index (Phi) is 22.2. The van der Waals surface area contributed by atoms with E-state index in [4.69, 9.17) is 0 Å². The van der Waals surface area contributed by atoms with Crippen molar-refractivity contribution in [3.05, 3.63) is 253 Å². The van der Waals surface area contributed by atoms with Crippen LogP contribution in [0, 0.1) is 95.1 Å². The number of aryl methyl sites for hydroxylation is 12. The van der Waals surface area contributed by atoms with Gasteiger partial charge in [0.05, 0.1) is 0 Å². The molecule has 10 rings (SSSR count). The van der Waals surface area contributed by atoms with Gasteiger partial charge in [-0.1, -0.05) is 172 Å². The fraction of sp³-hybridized carbons (Fsp3) is 0.227. The fourth-order valence-corrected chi connectivity index (χ4v) is 15.3. The largest absolute Gasteiger partial charge is 0.266 e. The van der Waals surface area contributed by atoms with Crippen LogP contribution in [0.2, 0.25) is 0 Å². The van der Waals surface area contributed by atoms with Crippen LogP contribution in [-0.4, -0.2) is 8.80 Å². The molecule has 1 aliphatic carbocycles. The summed E-state index contributed by atoms with van der Waals surface area (Å²) < 4.78 is 0. The van der Waals surface area contributed by atoms with E-state index >= 15 is 0 Å². The Morgan fingerprint density at radius 3 is 0.588 bits per heavy atom. The summed E-state index contributed by atoms with van der Waals surface area (Å²) in [5, 5.41) is 4.13. The molecule has 1 atom stereocenters. The molecule has 0 saturated heterocycles. The normalized spacial score (nSPS) is 12.6. The van der Waals surface area contributed by atoms with Crippen molar-refractivity contribution < 1.29 is 21.7 Å². The molecule has 1 radical (unpaired) electrons. The number of rotatable bonds is 9. The molecule has 0 saturated carbocycles. The van der Waals surface area contributed by atoms with Crippen LogP contribution in [0.1, 0.15) is 94.5 Å². The summed E-state index contributed by atoms with van der Waals surface area (Å²) in [6.07, 6.45) is 3.36. The maximum absolute atomic E-state index is 3.36. The molecule has 1 aliphatic rings. The van der Waals surface area contributed by atoms with Crippen molar-refractivity contribution in [1.82, 2.24) is 0 Å². The zero-order chi connectivity index (χ0) is 54.3. The van der Waals surface area contributed by atoms with E-state index in [-0.39, 0.29) is 58.9 Å². The average Bonchev–Trinajstić information content (AvgIpc) is 3.58. The van der Waals surface area contributed by atoms with Gasteiger partial charge in [0.1, 0.15) is 0 Å². The third-order valence-electron chi connectivity index (χ3n) is 16.5. The summed E-state index contributed by atoms with van der Waals surface area (Å²) >= 11 is 0. The Bertz CT molecular complexity index is 3110. The molecule has 1 unspecified atom stereocenters. The molecule has 0 spiro atoms. The van der Waals surface area contributed by atoms with Gasteiger partial charge in [0.25, 0.3) is 0 Å². The summed E-state index contributed by atoms with van der Waals surface area (Å²) in [6, 6.07) is 63.3. The van der Waals surface area contributed by atoms with Gasteiger partial charge < -0.3 is 0 Å². The standard InChI is InChI=1S/C66H63Si.C9H13.3ClH.Ti/c1-40-19-13-20-41(2)61(40)52-31-53(62-42(3)21-14-22-43(62)4)35-58(34-52)67(59-36-54(63-44(5)23-15-24-45(63)6)32-55(37-59)64-46(7)25-16-26-47(64)8)60-38-56(65-48(9)27-17-28-49(65)10)33-57(39-60)66-50(11)29-18-30-51(66)12;1-6-5-7(2)9(4)8(6)3;;;;/h13-39H,1-12H3;6H,1-4H3;3*1H;/q;-1;;;;. The first-order chi connectivity index (χ1) is 36.3. The van der Waals surface area contributed by atoms with Crippen molar-refractivity contribution in [2.45, 2.75) is 111 Å². The van der Waals surface area contributed by atoms with E-state index < -0.39 is 8.80 Å². The van der Waals surface area contributed by atoms with Gasteiger partial charge in [0, 0.05) is 21.7 Å². The molecule has 80 heavy (non-hydrogen) atoms.